The lowest BCUT2D eigenvalue weighted by atomic mass is 10.1. The van der Waals surface area contributed by atoms with Gasteiger partial charge in [0.15, 0.2) is 0 Å². The van der Waals surface area contributed by atoms with Gasteiger partial charge in [0.05, 0.1) is 5.69 Å². The van der Waals surface area contributed by atoms with Crippen molar-refractivity contribution >= 4 is 27.3 Å². The maximum atomic E-state index is 4.84. The monoisotopic (exact) mass is 350 g/mol. The highest BCUT2D eigenvalue weighted by atomic mass is 79.9. The Morgan fingerprint density at radius 1 is 1.40 bits per heavy atom. The van der Waals surface area contributed by atoms with Gasteiger partial charge in [0.1, 0.15) is 5.01 Å². The topological polar surface area (TPSA) is 24.9 Å². The minimum absolute atomic E-state index is 0.747. The van der Waals surface area contributed by atoms with Gasteiger partial charge in [-0.15, -0.1) is 11.3 Å². The molecule has 0 atom stereocenters. The second kappa shape index (κ2) is 5.96. The maximum absolute atomic E-state index is 4.84. The average molecular weight is 351 g/mol. The molecule has 1 fully saturated rings. The number of benzene rings is 1. The van der Waals surface area contributed by atoms with Gasteiger partial charge in [-0.2, -0.15) is 0 Å². The first kappa shape index (κ1) is 14.2. The highest BCUT2D eigenvalue weighted by Crippen LogP contribution is 2.34. The Labute approximate surface area is 132 Å². The second-order valence-electron chi connectivity index (χ2n) is 5.38. The Bertz CT molecular complexity index is 617. The van der Waals surface area contributed by atoms with Crippen molar-refractivity contribution in [3.8, 4) is 10.6 Å². The molecule has 1 aliphatic rings. The number of thiazole rings is 1. The van der Waals surface area contributed by atoms with Gasteiger partial charge < -0.3 is 5.32 Å². The van der Waals surface area contributed by atoms with Gasteiger partial charge in [-0.25, -0.2) is 4.98 Å². The molecule has 0 bridgehead atoms. The fraction of sp³-hybridized carbons (Fsp3) is 0.438. The Morgan fingerprint density at radius 2 is 2.20 bits per heavy atom. The molecule has 4 heteroatoms. The van der Waals surface area contributed by atoms with Crippen molar-refractivity contribution in [3.05, 3.63) is 38.8 Å². The van der Waals surface area contributed by atoms with Crippen LogP contribution in [0.1, 0.15) is 35.9 Å². The number of hydrogen-bond acceptors (Lipinski definition) is 3. The number of aryl methyl sites for hydroxylation is 2. The summed E-state index contributed by atoms with van der Waals surface area (Å²) < 4.78 is 1.13. The normalized spacial score (nSPS) is 14.8. The molecule has 1 aromatic carbocycles. The van der Waals surface area contributed by atoms with E-state index in [9.17, 15) is 0 Å². The predicted octanol–water partition coefficient (Wildman–Crippen LogP) is 4.70. The van der Waals surface area contributed by atoms with Crippen LogP contribution in [0, 0.1) is 6.92 Å². The van der Waals surface area contributed by atoms with Crippen LogP contribution in [0.2, 0.25) is 0 Å². The molecule has 3 rings (SSSR count). The third-order valence-corrected chi connectivity index (χ3v) is 5.38. The lowest BCUT2D eigenvalue weighted by Crippen LogP contribution is -2.15. The number of halogens is 1. The van der Waals surface area contributed by atoms with Crippen LogP contribution < -0.4 is 5.32 Å². The molecule has 2 nitrogen and oxygen atoms in total. The van der Waals surface area contributed by atoms with Crippen LogP contribution in [0.5, 0.6) is 0 Å². The highest BCUT2D eigenvalue weighted by molar-refractivity contribution is 9.10. The summed E-state index contributed by atoms with van der Waals surface area (Å²) in [7, 11) is 0. The van der Waals surface area contributed by atoms with Crippen molar-refractivity contribution in [2.45, 2.75) is 45.7 Å². The van der Waals surface area contributed by atoms with E-state index in [0.29, 0.717) is 0 Å². The van der Waals surface area contributed by atoms with E-state index in [1.54, 1.807) is 0 Å². The Balaban J connectivity index is 1.88. The summed E-state index contributed by atoms with van der Waals surface area (Å²) in [6.07, 6.45) is 3.66. The number of rotatable bonds is 5. The van der Waals surface area contributed by atoms with Gasteiger partial charge in [0.25, 0.3) is 0 Å². The number of hydrogen-bond donors (Lipinski definition) is 1. The van der Waals surface area contributed by atoms with Gasteiger partial charge in [-0.3, -0.25) is 0 Å². The second-order valence-corrected chi connectivity index (χ2v) is 7.32. The molecular weight excluding hydrogens is 332 g/mol. The van der Waals surface area contributed by atoms with Crippen LogP contribution in [-0.2, 0) is 13.0 Å². The molecule has 1 N–H and O–H groups in total. The number of nitrogens with one attached hydrogen (secondary N) is 1. The molecule has 0 aliphatic heterocycles. The summed E-state index contributed by atoms with van der Waals surface area (Å²) in [5.41, 5.74) is 3.71. The van der Waals surface area contributed by atoms with Crippen LogP contribution in [0.4, 0.5) is 0 Å². The van der Waals surface area contributed by atoms with Crippen LogP contribution >= 0.6 is 27.3 Å². The summed E-state index contributed by atoms with van der Waals surface area (Å²) in [6.45, 7) is 5.26. The van der Waals surface area contributed by atoms with Crippen LogP contribution in [0.3, 0.4) is 0 Å². The number of nitrogens with zero attached hydrogens (tertiary/aromatic N) is 1. The lowest BCUT2D eigenvalue weighted by molar-refractivity contribution is 0.689. The number of aromatic nitrogens is 1. The third-order valence-electron chi connectivity index (χ3n) is 3.60. The summed E-state index contributed by atoms with van der Waals surface area (Å²) in [4.78, 5) is 6.23. The molecule has 1 saturated carbocycles. The first-order valence-corrected chi connectivity index (χ1v) is 8.76. The SMILES string of the molecule is CCc1nc(-c2ccc(C)cc2Br)sc1CNC1CC1. The molecule has 0 amide bonds. The van der Waals surface area contributed by atoms with E-state index in [-0.39, 0.29) is 0 Å². The smallest absolute Gasteiger partial charge is 0.125 e. The van der Waals surface area contributed by atoms with Crippen molar-refractivity contribution in [1.82, 2.24) is 10.3 Å². The Kier molecular flexibility index (Phi) is 4.24. The molecule has 1 aliphatic carbocycles. The molecule has 2 aromatic rings. The molecule has 1 aromatic heterocycles. The standard InChI is InChI=1S/C16H19BrN2S/c1-3-14-15(9-18-11-5-6-11)20-16(19-14)12-7-4-10(2)8-13(12)17/h4,7-8,11,18H,3,5-6,9H2,1-2H3. The zero-order valence-electron chi connectivity index (χ0n) is 11.9. The average Bonchev–Trinajstić information content (AvgIpc) is 3.16. The van der Waals surface area contributed by atoms with Crippen molar-refractivity contribution in [2.75, 3.05) is 0 Å². The molecule has 1 heterocycles. The Morgan fingerprint density at radius 3 is 2.85 bits per heavy atom. The third kappa shape index (κ3) is 3.13. The first-order valence-electron chi connectivity index (χ1n) is 7.16. The quantitative estimate of drug-likeness (QED) is 0.845. The maximum Gasteiger partial charge on any atom is 0.125 e. The van der Waals surface area contributed by atoms with Crippen molar-refractivity contribution in [3.63, 3.8) is 0 Å². The zero-order chi connectivity index (χ0) is 14.1. The van der Waals surface area contributed by atoms with Crippen LogP contribution in [0.25, 0.3) is 10.6 Å². The highest BCUT2D eigenvalue weighted by Gasteiger charge is 2.21. The summed E-state index contributed by atoms with van der Waals surface area (Å²) in [5, 5.41) is 4.72. The minimum atomic E-state index is 0.747. The van der Waals surface area contributed by atoms with Crippen molar-refractivity contribution in [1.29, 1.82) is 0 Å². The zero-order valence-corrected chi connectivity index (χ0v) is 14.3. The minimum Gasteiger partial charge on any atom is -0.309 e. The predicted molar refractivity (Wildman–Crippen MR) is 89.2 cm³/mol. The fourth-order valence-corrected chi connectivity index (χ4v) is 4.18. The summed E-state index contributed by atoms with van der Waals surface area (Å²) in [5.74, 6) is 0. The van der Waals surface area contributed by atoms with Gasteiger partial charge in [0, 0.05) is 27.5 Å². The van der Waals surface area contributed by atoms with Crippen molar-refractivity contribution < 1.29 is 0 Å². The molecule has 0 saturated heterocycles. The van der Waals surface area contributed by atoms with Crippen molar-refractivity contribution in [2.24, 2.45) is 0 Å². The van der Waals surface area contributed by atoms with E-state index in [1.165, 1.54) is 34.5 Å². The van der Waals surface area contributed by atoms with E-state index in [0.717, 1.165) is 28.5 Å². The summed E-state index contributed by atoms with van der Waals surface area (Å²) in [6, 6.07) is 7.21. The molecule has 106 valence electrons. The van der Waals surface area contributed by atoms with E-state index in [4.69, 9.17) is 4.98 Å². The van der Waals surface area contributed by atoms with Gasteiger partial charge >= 0.3 is 0 Å². The van der Waals surface area contributed by atoms with E-state index in [2.05, 4.69) is 53.3 Å². The molecule has 20 heavy (non-hydrogen) atoms. The Hall–Kier alpha value is -0.710. The largest absolute Gasteiger partial charge is 0.309 e. The fourth-order valence-electron chi connectivity index (χ4n) is 2.23. The first-order chi connectivity index (χ1) is 9.67. The van der Waals surface area contributed by atoms with Crippen LogP contribution in [-0.4, -0.2) is 11.0 Å². The molecule has 0 spiro atoms. The van der Waals surface area contributed by atoms with Gasteiger partial charge in [-0.1, -0.05) is 35.0 Å². The van der Waals surface area contributed by atoms with Crippen LogP contribution in [0.15, 0.2) is 22.7 Å². The summed E-state index contributed by atoms with van der Waals surface area (Å²) >= 11 is 5.49. The molecule has 0 radical (unpaired) electrons. The van der Waals surface area contributed by atoms with Gasteiger partial charge in [0.2, 0.25) is 0 Å². The lowest BCUT2D eigenvalue weighted by Gasteiger charge is -2.01. The van der Waals surface area contributed by atoms with E-state index in [1.807, 2.05) is 11.3 Å². The van der Waals surface area contributed by atoms with E-state index >= 15 is 0 Å². The molecular formula is C16H19BrN2S. The molecule has 0 unspecified atom stereocenters. The van der Waals surface area contributed by atoms with Gasteiger partial charge in [-0.05, 0) is 37.8 Å². The van der Waals surface area contributed by atoms with E-state index < -0.39 is 0 Å².